The highest BCUT2D eigenvalue weighted by Gasteiger charge is 2.40. The Balaban J connectivity index is 1.99. The van der Waals surface area contributed by atoms with E-state index in [9.17, 15) is 4.79 Å². The predicted octanol–water partition coefficient (Wildman–Crippen LogP) is 1.74. The summed E-state index contributed by atoms with van der Waals surface area (Å²) in [7, 11) is 0. The molecule has 0 aromatic carbocycles. The van der Waals surface area contributed by atoms with Crippen molar-refractivity contribution in [3.8, 4) is 0 Å². The predicted molar refractivity (Wildman–Crippen MR) is 80.7 cm³/mol. The third-order valence-electron chi connectivity index (χ3n) is 4.22. The van der Waals surface area contributed by atoms with Crippen LogP contribution in [0.15, 0.2) is 0 Å². The first kappa shape index (κ1) is 16.5. The van der Waals surface area contributed by atoms with E-state index in [4.69, 9.17) is 15.5 Å². The van der Waals surface area contributed by atoms with E-state index in [2.05, 4.69) is 4.90 Å². The second kappa shape index (κ2) is 6.94. The Morgan fingerprint density at radius 2 is 1.90 bits per heavy atom. The summed E-state index contributed by atoms with van der Waals surface area (Å²) < 4.78 is 5.51. The van der Waals surface area contributed by atoms with Gasteiger partial charge in [-0.3, -0.25) is 4.90 Å². The second-order valence-electron chi connectivity index (χ2n) is 7.11. The van der Waals surface area contributed by atoms with Gasteiger partial charge in [-0.2, -0.15) is 0 Å². The molecule has 0 aromatic rings. The quantitative estimate of drug-likeness (QED) is 0.804. The van der Waals surface area contributed by atoms with Gasteiger partial charge in [0, 0.05) is 12.6 Å². The summed E-state index contributed by atoms with van der Waals surface area (Å²) in [5, 5.41) is 0. The molecule has 2 aliphatic rings. The molecule has 1 unspecified atom stereocenters. The number of rotatable bonds is 3. The zero-order valence-corrected chi connectivity index (χ0v) is 13.5. The van der Waals surface area contributed by atoms with E-state index in [1.165, 1.54) is 19.3 Å². The van der Waals surface area contributed by atoms with Crippen molar-refractivity contribution in [2.75, 3.05) is 26.2 Å². The summed E-state index contributed by atoms with van der Waals surface area (Å²) in [4.78, 5) is 21.5. The molecular formula is C15H29N3O3. The van der Waals surface area contributed by atoms with Crippen LogP contribution in [0.1, 0.15) is 46.5 Å². The van der Waals surface area contributed by atoms with Crippen molar-refractivity contribution in [1.82, 2.24) is 9.80 Å². The van der Waals surface area contributed by atoms with Crippen LogP contribution < -0.4 is 5.90 Å². The van der Waals surface area contributed by atoms with Crippen LogP contribution in [0.4, 0.5) is 4.79 Å². The zero-order valence-electron chi connectivity index (χ0n) is 13.5. The molecule has 0 aliphatic carbocycles. The van der Waals surface area contributed by atoms with Crippen molar-refractivity contribution in [3.63, 3.8) is 0 Å². The molecule has 6 nitrogen and oxygen atoms in total. The molecule has 1 amide bonds. The number of nitrogens with zero attached hydrogens (tertiary/aromatic N) is 2. The van der Waals surface area contributed by atoms with Crippen LogP contribution in [0.5, 0.6) is 0 Å². The molecule has 0 spiro atoms. The fraction of sp³-hybridized carbons (Fsp3) is 0.933. The molecular weight excluding hydrogens is 270 g/mol. The highest BCUT2D eigenvalue weighted by molar-refractivity contribution is 5.69. The Hall–Kier alpha value is -0.850. The van der Waals surface area contributed by atoms with Gasteiger partial charge in [0.25, 0.3) is 0 Å². The molecule has 0 aromatic heterocycles. The van der Waals surface area contributed by atoms with Crippen LogP contribution in [0.3, 0.4) is 0 Å². The maximum atomic E-state index is 12.4. The lowest BCUT2D eigenvalue weighted by Crippen LogP contribution is -2.44. The van der Waals surface area contributed by atoms with Crippen molar-refractivity contribution in [2.24, 2.45) is 5.90 Å². The molecule has 2 aliphatic heterocycles. The first-order valence-corrected chi connectivity index (χ1v) is 7.96. The Bertz CT molecular complexity index is 351. The van der Waals surface area contributed by atoms with Crippen LogP contribution in [-0.2, 0) is 9.57 Å². The highest BCUT2D eigenvalue weighted by Crippen LogP contribution is 2.26. The minimum absolute atomic E-state index is 0.0109. The number of carbonyl (C=O) groups excluding carboxylic acids is 1. The van der Waals surface area contributed by atoms with E-state index in [1.807, 2.05) is 20.8 Å². The number of nitrogens with two attached hydrogens (primary N) is 1. The maximum absolute atomic E-state index is 12.4. The molecule has 2 saturated heterocycles. The Labute approximate surface area is 127 Å². The third kappa shape index (κ3) is 4.56. The fourth-order valence-electron chi connectivity index (χ4n) is 3.25. The van der Waals surface area contributed by atoms with E-state index in [-0.39, 0.29) is 12.1 Å². The summed E-state index contributed by atoms with van der Waals surface area (Å²) in [6, 6.07) is 0.412. The van der Waals surface area contributed by atoms with Crippen LogP contribution in [0.25, 0.3) is 0 Å². The van der Waals surface area contributed by atoms with Gasteiger partial charge in [-0.1, -0.05) is 6.42 Å². The van der Waals surface area contributed by atoms with Crippen molar-refractivity contribution >= 4 is 6.09 Å². The summed E-state index contributed by atoms with van der Waals surface area (Å²) in [5.41, 5.74) is -0.478. The fourth-order valence-corrected chi connectivity index (χ4v) is 3.25. The number of hydrogen-bond donors (Lipinski definition) is 1. The molecule has 2 N–H and O–H groups in total. The molecule has 0 radical (unpaired) electrons. The average molecular weight is 299 g/mol. The lowest BCUT2D eigenvalue weighted by atomic mass is 10.1. The van der Waals surface area contributed by atoms with Crippen molar-refractivity contribution in [1.29, 1.82) is 0 Å². The van der Waals surface area contributed by atoms with Crippen LogP contribution in [-0.4, -0.2) is 59.8 Å². The number of likely N-dealkylation sites (tertiary alicyclic amines) is 2. The molecule has 6 heteroatoms. The van der Waals surface area contributed by atoms with Gasteiger partial charge < -0.3 is 14.5 Å². The number of ether oxygens (including phenoxy) is 1. The third-order valence-corrected chi connectivity index (χ3v) is 4.22. The average Bonchev–Trinajstić information content (AvgIpc) is 2.82. The molecule has 2 heterocycles. The Morgan fingerprint density at radius 3 is 2.48 bits per heavy atom. The summed E-state index contributed by atoms with van der Waals surface area (Å²) in [6.45, 7) is 8.99. The Morgan fingerprint density at radius 1 is 1.24 bits per heavy atom. The smallest absolute Gasteiger partial charge is 0.410 e. The van der Waals surface area contributed by atoms with Gasteiger partial charge in [-0.25, -0.2) is 10.7 Å². The molecule has 122 valence electrons. The molecule has 2 rings (SSSR count). The Kier molecular flexibility index (Phi) is 5.46. The van der Waals surface area contributed by atoms with Gasteiger partial charge in [-0.05, 0) is 53.1 Å². The topological polar surface area (TPSA) is 68.0 Å². The molecule has 21 heavy (non-hydrogen) atoms. The van der Waals surface area contributed by atoms with E-state index >= 15 is 0 Å². The van der Waals surface area contributed by atoms with E-state index in [1.54, 1.807) is 4.90 Å². The van der Waals surface area contributed by atoms with Crippen molar-refractivity contribution < 1.29 is 14.4 Å². The van der Waals surface area contributed by atoms with Crippen LogP contribution in [0, 0.1) is 0 Å². The molecule has 0 bridgehead atoms. The van der Waals surface area contributed by atoms with Gasteiger partial charge >= 0.3 is 6.09 Å². The van der Waals surface area contributed by atoms with Gasteiger partial charge in [0.1, 0.15) is 5.60 Å². The zero-order chi connectivity index (χ0) is 15.5. The summed E-state index contributed by atoms with van der Waals surface area (Å²) in [5.74, 6) is 5.23. The molecule has 2 atom stereocenters. The lowest BCUT2D eigenvalue weighted by molar-refractivity contribution is 0.0100. The van der Waals surface area contributed by atoms with Crippen molar-refractivity contribution in [3.05, 3.63) is 0 Å². The monoisotopic (exact) mass is 299 g/mol. The number of hydrogen-bond acceptors (Lipinski definition) is 5. The molecule has 2 fully saturated rings. The normalized spacial score (nSPS) is 27.9. The van der Waals surface area contributed by atoms with Gasteiger partial charge in [0.15, 0.2) is 0 Å². The van der Waals surface area contributed by atoms with Gasteiger partial charge in [0.05, 0.1) is 12.6 Å². The molecule has 0 saturated carbocycles. The number of amides is 1. The summed E-state index contributed by atoms with van der Waals surface area (Å²) >= 11 is 0. The minimum Gasteiger partial charge on any atom is -0.444 e. The van der Waals surface area contributed by atoms with Gasteiger partial charge in [0.2, 0.25) is 0 Å². The SMILES string of the molecule is CC(C)(C)OC(=O)N1C[C@@H](N2CCCCC2)CC1CON. The maximum Gasteiger partial charge on any atom is 0.410 e. The van der Waals surface area contributed by atoms with Crippen LogP contribution in [0.2, 0.25) is 0 Å². The number of piperidine rings is 1. The second-order valence-corrected chi connectivity index (χ2v) is 7.11. The largest absolute Gasteiger partial charge is 0.444 e. The van der Waals surface area contributed by atoms with Crippen LogP contribution >= 0.6 is 0 Å². The van der Waals surface area contributed by atoms with E-state index in [0.717, 1.165) is 19.5 Å². The van der Waals surface area contributed by atoms with E-state index in [0.29, 0.717) is 19.2 Å². The van der Waals surface area contributed by atoms with Gasteiger partial charge in [-0.15, -0.1) is 0 Å². The first-order valence-electron chi connectivity index (χ1n) is 7.96. The highest BCUT2D eigenvalue weighted by atomic mass is 16.6. The first-order chi connectivity index (χ1) is 9.90. The summed E-state index contributed by atoms with van der Waals surface area (Å²) in [6.07, 6.45) is 4.47. The van der Waals surface area contributed by atoms with E-state index < -0.39 is 5.60 Å². The lowest BCUT2D eigenvalue weighted by Gasteiger charge is -2.32. The standard InChI is InChI=1S/C15H29N3O3/c1-15(2,3)21-14(19)18-10-12(9-13(18)11-20-16)17-7-5-4-6-8-17/h12-13H,4-11,16H2,1-3H3/t12-,13?/m0/s1. The van der Waals surface area contributed by atoms with Crippen molar-refractivity contribution in [2.45, 2.75) is 64.1 Å². The number of carbonyl (C=O) groups is 1. The minimum atomic E-state index is -0.478.